The quantitative estimate of drug-likeness (QED) is 0.0743. The Bertz CT molecular complexity index is 3280. The molecule has 0 spiro atoms. The molecule has 4 atom stereocenters. The van der Waals surface area contributed by atoms with Gasteiger partial charge in [-0.2, -0.15) is 0 Å². The summed E-state index contributed by atoms with van der Waals surface area (Å²) in [6.07, 6.45) is 13.6. The number of carbonyl (C=O) groups is 3. The van der Waals surface area contributed by atoms with Crippen LogP contribution >= 0.6 is 34.0 Å². The smallest absolute Gasteiger partial charge is 0.335 e. The number of nitrogens with zero attached hydrogens (tertiary/aromatic N) is 6. The van der Waals surface area contributed by atoms with E-state index in [0.29, 0.717) is 18.4 Å². The van der Waals surface area contributed by atoms with Gasteiger partial charge in [0.15, 0.2) is 15.4 Å². The molecule has 5 aliphatic carbocycles. The van der Waals surface area contributed by atoms with E-state index in [4.69, 9.17) is 15.0 Å². The number of allylic oxidation sites excluding steroid dienone is 2. The van der Waals surface area contributed by atoms with Crippen LogP contribution in [0.5, 0.6) is 0 Å². The van der Waals surface area contributed by atoms with Crippen LogP contribution in [0, 0.1) is 11.8 Å². The molecular weight excluding hydrogens is 1020 g/mol. The molecule has 0 saturated heterocycles. The zero-order valence-corrected chi connectivity index (χ0v) is 48.5. The van der Waals surface area contributed by atoms with Crippen LogP contribution in [-0.2, 0) is 32.5 Å². The van der Waals surface area contributed by atoms with Crippen LogP contribution in [0.1, 0.15) is 190 Å². The maximum atomic E-state index is 12.2. The molecule has 6 aromatic rings. The van der Waals surface area contributed by atoms with Crippen LogP contribution in [0.2, 0.25) is 0 Å². The lowest BCUT2D eigenvalue weighted by molar-refractivity contribution is 0.0686. The molecule has 5 aliphatic rings. The Kier molecular flexibility index (Phi) is 13.0. The van der Waals surface area contributed by atoms with Gasteiger partial charge in [-0.3, -0.25) is 0 Å². The van der Waals surface area contributed by atoms with E-state index in [0.717, 1.165) is 95.3 Å². The van der Waals surface area contributed by atoms with Crippen LogP contribution < -0.4 is 14.7 Å². The molecule has 77 heavy (non-hydrogen) atoms. The number of carboxylic acid groups (broad SMARTS) is 3. The van der Waals surface area contributed by atoms with E-state index in [1.54, 1.807) is 70.4 Å². The Hall–Kier alpha value is -5.90. The summed E-state index contributed by atoms with van der Waals surface area (Å²) in [7, 11) is 0. The summed E-state index contributed by atoms with van der Waals surface area (Å²) in [5.74, 6) is -1.92. The molecule has 2 fully saturated rings. The number of hydrogen-bond donors (Lipinski definition) is 3. The van der Waals surface area contributed by atoms with E-state index in [2.05, 4.69) is 96.1 Å². The van der Waals surface area contributed by atoms with Gasteiger partial charge in [0.1, 0.15) is 0 Å². The summed E-state index contributed by atoms with van der Waals surface area (Å²) in [5.41, 5.74) is 5.91. The summed E-state index contributed by atoms with van der Waals surface area (Å²) in [4.78, 5) is 63.7. The lowest BCUT2D eigenvalue weighted by Gasteiger charge is -2.41. The van der Waals surface area contributed by atoms with Crippen molar-refractivity contribution in [3.8, 4) is 0 Å². The van der Waals surface area contributed by atoms with Gasteiger partial charge in [0.2, 0.25) is 0 Å². The number of benzene rings is 3. The SMILES string of the molecule is CC1(C)C=CC(C)(C)c2sc(N(CCC3(C)CCC(C)(C)c4sc(N(c5ccc(C(=O)O)cc5)C5CC5CC5(C)CCC(C)(C)c6sc(N(CC7CC7)c7ccc(C(=O)O)cc7)nc65)nc43)c3ccc(C(=O)O)cc3)nc21. The molecule has 0 bridgehead atoms. The fourth-order valence-electron chi connectivity index (χ4n) is 12.2. The van der Waals surface area contributed by atoms with E-state index in [1.165, 1.54) is 33.2 Å². The van der Waals surface area contributed by atoms with Crippen molar-refractivity contribution < 1.29 is 29.7 Å². The van der Waals surface area contributed by atoms with Gasteiger partial charge in [-0.1, -0.05) is 81.4 Å². The fourth-order valence-corrected chi connectivity index (χ4v) is 16.4. The molecule has 4 unspecified atom stereocenters. The topological polar surface area (TPSA) is 160 Å². The molecule has 3 aromatic carbocycles. The Morgan fingerprint density at radius 2 is 0.974 bits per heavy atom. The van der Waals surface area contributed by atoms with Gasteiger partial charge in [0.05, 0.1) is 33.8 Å². The first kappa shape index (κ1) is 53.1. The Morgan fingerprint density at radius 1 is 0.532 bits per heavy atom. The van der Waals surface area contributed by atoms with Gasteiger partial charge in [-0.15, -0.1) is 34.0 Å². The molecule has 3 aromatic heterocycles. The van der Waals surface area contributed by atoms with Crippen LogP contribution in [0.4, 0.5) is 32.5 Å². The van der Waals surface area contributed by atoms with Gasteiger partial charge in [0, 0.05) is 83.3 Å². The minimum absolute atomic E-state index is 0.0451. The molecule has 2 saturated carbocycles. The molecule has 0 aliphatic heterocycles. The molecule has 12 nitrogen and oxygen atoms in total. The summed E-state index contributed by atoms with van der Waals surface area (Å²) in [6, 6.07) is 21.9. The highest BCUT2D eigenvalue weighted by atomic mass is 32.1. The highest BCUT2D eigenvalue weighted by Crippen LogP contribution is 2.59. The van der Waals surface area contributed by atoms with Gasteiger partial charge >= 0.3 is 17.9 Å². The maximum Gasteiger partial charge on any atom is 0.335 e. The number of carboxylic acids is 3. The second-order valence-corrected chi connectivity index (χ2v) is 28.8. The first-order valence-electron chi connectivity index (χ1n) is 27.4. The number of thiazole rings is 3. The second kappa shape index (κ2) is 18.9. The van der Waals surface area contributed by atoms with Gasteiger partial charge in [0.25, 0.3) is 0 Å². The van der Waals surface area contributed by atoms with Crippen molar-refractivity contribution in [3.05, 3.63) is 133 Å². The number of rotatable bonds is 17. The average Bonchev–Trinajstić information content (AvgIpc) is 4.27. The summed E-state index contributed by atoms with van der Waals surface area (Å²) >= 11 is 5.33. The number of aromatic carboxylic acids is 3. The lowest BCUT2D eigenvalue weighted by Crippen LogP contribution is -2.37. The van der Waals surface area contributed by atoms with Crippen molar-refractivity contribution in [2.45, 2.75) is 166 Å². The molecule has 15 heteroatoms. The van der Waals surface area contributed by atoms with Gasteiger partial charge < -0.3 is 30.0 Å². The monoisotopic (exact) mass is 1090 g/mol. The Morgan fingerprint density at radius 3 is 1.51 bits per heavy atom. The predicted molar refractivity (Wildman–Crippen MR) is 311 cm³/mol. The van der Waals surface area contributed by atoms with E-state index < -0.39 is 17.9 Å². The molecule has 0 amide bonds. The molecule has 3 heterocycles. The molecule has 3 N–H and O–H groups in total. The normalized spacial score (nSPS) is 24.0. The molecule has 0 radical (unpaired) electrons. The van der Waals surface area contributed by atoms with Crippen molar-refractivity contribution in [3.63, 3.8) is 0 Å². The Labute approximate surface area is 464 Å². The molecular formula is C62H72N6O6S3. The Balaban J connectivity index is 0.922. The highest BCUT2D eigenvalue weighted by Gasteiger charge is 2.53. The first-order valence-corrected chi connectivity index (χ1v) is 29.8. The first-order chi connectivity index (χ1) is 36.3. The zero-order valence-electron chi connectivity index (χ0n) is 46.1. The van der Waals surface area contributed by atoms with E-state index >= 15 is 0 Å². The van der Waals surface area contributed by atoms with Crippen molar-refractivity contribution in [1.29, 1.82) is 0 Å². The van der Waals surface area contributed by atoms with Crippen LogP contribution in [0.15, 0.2) is 84.9 Å². The summed E-state index contributed by atoms with van der Waals surface area (Å²) in [6.45, 7) is 24.6. The predicted octanol–water partition coefficient (Wildman–Crippen LogP) is 15.3. The second-order valence-electron chi connectivity index (χ2n) is 25.8. The van der Waals surface area contributed by atoms with Crippen molar-refractivity contribution in [2.75, 3.05) is 27.8 Å². The third-order valence-electron chi connectivity index (χ3n) is 17.8. The third-order valence-corrected chi connectivity index (χ3v) is 22.1. The van der Waals surface area contributed by atoms with Crippen molar-refractivity contribution in [2.24, 2.45) is 11.8 Å². The number of aromatic nitrogens is 3. The van der Waals surface area contributed by atoms with E-state index in [1.807, 2.05) is 36.4 Å². The standard InChI is InChI=1S/C62H72N6O6S3/c1-57(2)25-26-58(3,4)48-45(57)63-54(75-48)66(41-19-13-37(14-20-41)51(69)70)32-31-61(9)29-27-59(5,6)49-46(61)65-56(77-49)68(43-23-17-39(18-24-43)53(73)74)44-33-40(44)34-62(10)30-28-60(7,8)50-47(62)64-55(76-50)67(35-36-11-12-36)42-21-15-38(16-22-42)52(71)72/h13-26,36,40,44H,11-12,27-35H2,1-10H3,(H,69,70)(H,71,72)(H,73,74). The van der Waals surface area contributed by atoms with E-state index in [-0.39, 0.29) is 55.2 Å². The van der Waals surface area contributed by atoms with Crippen molar-refractivity contribution >= 4 is 84.4 Å². The summed E-state index contributed by atoms with van der Waals surface area (Å²) < 4.78 is 0. The lowest BCUT2D eigenvalue weighted by atomic mass is 9.66. The zero-order chi connectivity index (χ0) is 54.8. The van der Waals surface area contributed by atoms with Crippen LogP contribution in [0.25, 0.3) is 0 Å². The van der Waals surface area contributed by atoms with Crippen molar-refractivity contribution in [1.82, 2.24) is 15.0 Å². The van der Waals surface area contributed by atoms with Crippen LogP contribution in [0.3, 0.4) is 0 Å². The number of fused-ring (bicyclic) bond motifs is 3. The molecule has 404 valence electrons. The fraction of sp³-hybridized carbons (Fsp3) is 0.484. The minimum Gasteiger partial charge on any atom is -0.478 e. The van der Waals surface area contributed by atoms with Crippen LogP contribution in [-0.4, -0.2) is 67.3 Å². The third kappa shape index (κ3) is 9.91. The highest BCUT2D eigenvalue weighted by molar-refractivity contribution is 7.16. The maximum absolute atomic E-state index is 12.2. The van der Waals surface area contributed by atoms with Gasteiger partial charge in [-0.05, 0) is 142 Å². The summed E-state index contributed by atoms with van der Waals surface area (Å²) in [5, 5.41) is 32.3. The largest absolute Gasteiger partial charge is 0.478 e. The van der Waals surface area contributed by atoms with E-state index in [9.17, 15) is 29.7 Å². The average molecular weight is 1090 g/mol. The number of hydrogen-bond acceptors (Lipinski definition) is 12. The number of anilines is 6. The molecule has 11 rings (SSSR count). The minimum atomic E-state index is -0.957. The van der Waals surface area contributed by atoms with Gasteiger partial charge in [-0.25, -0.2) is 29.3 Å².